The number of hydrogen-bond acceptors (Lipinski definition) is 3. The van der Waals surface area contributed by atoms with E-state index >= 15 is 0 Å². The Morgan fingerprint density at radius 1 is 1.17 bits per heavy atom. The Balaban J connectivity index is 1.68. The Bertz CT molecular complexity index is 690. The van der Waals surface area contributed by atoms with Gasteiger partial charge in [0.15, 0.2) is 0 Å². The highest BCUT2D eigenvalue weighted by atomic mass is 16.1. The molecule has 4 heteroatoms. The van der Waals surface area contributed by atoms with Gasteiger partial charge in [0.05, 0.1) is 6.04 Å². The van der Waals surface area contributed by atoms with Gasteiger partial charge in [-0.1, -0.05) is 24.3 Å². The van der Waals surface area contributed by atoms with Crippen LogP contribution in [-0.2, 0) is 6.54 Å². The Morgan fingerprint density at radius 3 is 2.54 bits per heavy atom. The summed E-state index contributed by atoms with van der Waals surface area (Å²) in [6.45, 7) is 4.76. The zero-order chi connectivity index (χ0) is 16.9. The molecule has 0 saturated carbocycles. The fourth-order valence-corrected chi connectivity index (χ4v) is 3.12. The largest absolute Gasteiger partial charge is 0.372 e. The summed E-state index contributed by atoms with van der Waals surface area (Å²) in [4.78, 5) is 14.8. The normalized spacial score (nSPS) is 15.3. The van der Waals surface area contributed by atoms with Crippen LogP contribution in [-0.4, -0.2) is 19.0 Å². The van der Waals surface area contributed by atoms with Gasteiger partial charge in [0.2, 0.25) is 0 Å². The van der Waals surface area contributed by atoms with E-state index in [0.717, 1.165) is 24.2 Å². The molecule has 1 aliphatic rings. The maximum Gasteiger partial charge on any atom is 0.251 e. The first kappa shape index (κ1) is 16.5. The standard InChI is InChI=1S/C20H25N3O/c1-15(22-20(24)17-9-7-16(14-21)8-10-17)18-5-4-6-19(13-18)23-11-2-3-12-23/h4-10,13,15H,2-3,11-12,14,21H2,1H3,(H,22,24). The first-order chi connectivity index (χ1) is 11.7. The summed E-state index contributed by atoms with van der Waals surface area (Å²) in [7, 11) is 0. The lowest BCUT2D eigenvalue weighted by atomic mass is 10.1. The number of hydrogen-bond donors (Lipinski definition) is 2. The topological polar surface area (TPSA) is 58.4 Å². The molecule has 1 amide bonds. The van der Waals surface area contributed by atoms with E-state index in [9.17, 15) is 4.79 Å². The molecule has 1 unspecified atom stereocenters. The van der Waals surface area contributed by atoms with Crippen molar-refractivity contribution in [3.05, 3.63) is 65.2 Å². The minimum Gasteiger partial charge on any atom is -0.372 e. The molecule has 3 rings (SSSR count). The number of amides is 1. The molecular weight excluding hydrogens is 298 g/mol. The van der Waals surface area contributed by atoms with Crippen molar-refractivity contribution >= 4 is 11.6 Å². The van der Waals surface area contributed by atoms with Crippen molar-refractivity contribution in [2.24, 2.45) is 5.73 Å². The monoisotopic (exact) mass is 323 g/mol. The second-order valence-electron chi connectivity index (χ2n) is 6.39. The van der Waals surface area contributed by atoms with Crippen molar-refractivity contribution in [3.8, 4) is 0 Å². The molecule has 0 spiro atoms. The maximum absolute atomic E-state index is 12.4. The molecule has 0 aromatic heterocycles. The number of benzene rings is 2. The molecule has 1 fully saturated rings. The van der Waals surface area contributed by atoms with E-state index in [1.54, 1.807) is 0 Å². The molecule has 24 heavy (non-hydrogen) atoms. The molecule has 4 nitrogen and oxygen atoms in total. The van der Waals surface area contributed by atoms with Crippen LogP contribution in [0.25, 0.3) is 0 Å². The van der Waals surface area contributed by atoms with Crippen LogP contribution in [0.5, 0.6) is 0 Å². The van der Waals surface area contributed by atoms with E-state index in [1.165, 1.54) is 18.5 Å². The number of nitrogens with one attached hydrogen (secondary N) is 1. The summed E-state index contributed by atoms with van der Waals surface area (Å²) < 4.78 is 0. The summed E-state index contributed by atoms with van der Waals surface area (Å²) in [5, 5.41) is 3.08. The average Bonchev–Trinajstić information content (AvgIpc) is 3.16. The van der Waals surface area contributed by atoms with Crippen LogP contribution in [0.1, 0.15) is 47.3 Å². The van der Waals surface area contributed by atoms with Gasteiger partial charge < -0.3 is 16.0 Å². The van der Waals surface area contributed by atoms with Gasteiger partial charge >= 0.3 is 0 Å². The summed E-state index contributed by atoms with van der Waals surface area (Å²) >= 11 is 0. The second kappa shape index (κ2) is 7.49. The molecule has 126 valence electrons. The molecule has 1 aliphatic heterocycles. The third-order valence-electron chi connectivity index (χ3n) is 4.64. The molecule has 0 radical (unpaired) electrons. The minimum atomic E-state index is -0.0577. The van der Waals surface area contributed by atoms with E-state index in [4.69, 9.17) is 5.73 Å². The van der Waals surface area contributed by atoms with Gasteiger partial charge in [0.25, 0.3) is 5.91 Å². The Kier molecular flexibility index (Phi) is 5.16. The van der Waals surface area contributed by atoms with Gasteiger partial charge in [-0.15, -0.1) is 0 Å². The number of carbonyl (C=O) groups is 1. The first-order valence-corrected chi connectivity index (χ1v) is 8.62. The van der Waals surface area contributed by atoms with Crippen LogP contribution in [0.15, 0.2) is 48.5 Å². The number of nitrogens with two attached hydrogens (primary N) is 1. The van der Waals surface area contributed by atoms with Crippen molar-refractivity contribution in [2.75, 3.05) is 18.0 Å². The number of nitrogens with zero attached hydrogens (tertiary/aromatic N) is 1. The van der Waals surface area contributed by atoms with E-state index in [1.807, 2.05) is 31.2 Å². The quantitative estimate of drug-likeness (QED) is 0.888. The molecule has 1 saturated heterocycles. The predicted molar refractivity (Wildman–Crippen MR) is 98.1 cm³/mol. The van der Waals surface area contributed by atoms with Gasteiger partial charge in [-0.3, -0.25) is 4.79 Å². The van der Waals surface area contributed by atoms with Crippen LogP contribution < -0.4 is 16.0 Å². The highest BCUT2D eigenvalue weighted by Crippen LogP contribution is 2.24. The SMILES string of the molecule is CC(NC(=O)c1ccc(CN)cc1)c1cccc(N2CCCC2)c1. The first-order valence-electron chi connectivity index (χ1n) is 8.62. The fourth-order valence-electron chi connectivity index (χ4n) is 3.12. The van der Waals surface area contributed by atoms with Crippen molar-refractivity contribution in [1.82, 2.24) is 5.32 Å². The van der Waals surface area contributed by atoms with Crippen LogP contribution in [0.3, 0.4) is 0 Å². The predicted octanol–water partition coefficient (Wildman–Crippen LogP) is 3.24. The molecule has 3 N–H and O–H groups in total. The average molecular weight is 323 g/mol. The molecule has 2 aromatic carbocycles. The van der Waals surface area contributed by atoms with Crippen molar-refractivity contribution in [3.63, 3.8) is 0 Å². The van der Waals surface area contributed by atoms with Crippen molar-refractivity contribution < 1.29 is 4.79 Å². The van der Waals surface area contributed by atoms with Crippen LogP contribution in [0, 0.1) is 0 Å². The Morgan fingerprint density at radius 2 is 1.88 bits per heavy atom. The Labute approximate surface area is 143 Å². The molecule has 0 aliphatic carbocycles. The maximum atomic E-state index is 12.4. The van der Waals surface area contributed by atoms with E-state index in [0.29, 0.717) is 12.1 Å². The van der Waals surface area contributed by atoms with Crippen molar-refractivity contribution in [1.29, 1.82) is 0 Å². The summed E-state index contributed by atoms with van der Waals surface area (Å²) in [6, 6.07) is 15.9. The number of carbonyl (C=O) groups excluding carboxylic acids is 1. The molecule has 2 aromatic rings. The zero-order valence-electron chi connectivity index (χ0n) is 14.2. The van der Waals surface area contributed by atoms with Gasteiger partial charge in [0, 0.05) is 30.9 Å². The number of anilines is 1. The van der Waals surface area contributed by atoms with E-state index in [-0.39, 0.29) is 11.9 Å². The third kappa shape index (κ3) is 3.77. The lowest BCUT2D eigenvalue weighted by Gasteiger charge is -2.20. The minimum absolute atomic E-state index is 0.0331. The van der Waals surface area contributed by atoms with Crippen LogP contribution in [0.4, 0.5) is 5.69 Å². The van der Waals surface area contributed by atoms with Gasteiger partial charge in [-0.05, 0) is 55.2 Å². The van der Waals surface area contributed by atoms with Gasteiger partial charge in [0.1, 0.15) is 0 Å². The molecule has 0 bridgehead atoms. The number of rotatable bonds is 5. The zero-order valence-corrected chi connectivity index (χ0v) is 14.2. The highest BCUT2D eigenvalue weighted by Gasteiger charge is 2.15. The second-order valence-corrected chi connectivity index (χ2v) is 6.39. The third-order valence-corrected chi connectivity index (χ3v) is 4.64. The van der Waals surface area contributed by atoms with Gasteiger partial charge in [-0.25, -0.2) is 0 Å². The smallest absolute Gasteiger partial charge is 0.251 e. The van der Waals surface area contributed by atoms with Crippen molar-refractivity contribution in [2.45, 2.75) is 32.4 Å². The van der Waals surface area contributed by atoms with E-state index < -0.39 is 0 Å². The lowest BCUT2D eigenvalue weighted by Crippen LogP contribution is -2.27. The highest BCUT2D eigenvalue weighted by molar-refractivity contribution is 5.94. The van der Waals surface area contributed by atoms with Crippen LogP contribution in [0.2, 0.25) is 0 Å². The van der Waals surface area contributed by atoms with Gasteiger partial charge in [-0.2, -0.15) is 0 Å². The molecular formula is C20H25N3O. The lowest BCUT2D eigenvalue weighted by molar-refractivity contribution is 0.0940. The Hall–Kier alpha value is -2.33. The van der Waals surface area contributed by atoms with E-state index in [2.05, 4.69) is 34.5 Å². The fraction of sp³-hybridized carbons (Fsp3) is 0.350. The molecule has 1 atom stereocenters. The summed E-state index contributed by atoms with van der Waals surface area (Å²) in [6.07, 6.45) is 2.52. The summed E-state index contributed by atoms with van der Waals surface area (Å²) in [5.74, 6) is -0.0577. The molecule has 1 heterocycles. The summed E-state index contributed by atoms with van der Waals surface area (Å²) in [5.41, 5.74) is 9.66. The van der Waals surface area contributed by atoms with Crippen LogP contribution >= 0.6 is 0 Å².